The van der Waals surface area contributed by atoms with E-state index in [1.54, 1.807) is 0 Å². The van der Waals surface area contributed by atoms with Gasteiger partial charge in [-0.2, -0.15) is 11.8 Å². The van der Waals surface area contributed by atoms with Crippen LogP contribution in [0.3, 0.4) is 0 Å². The molecule has 1 aliphatic heterocycles. The van der Waals surface area contributed by atoms with E-state index in [9.17, 15) is 9.59 Å². The van der Waals surface area contributed by atoms with Gasteiger partial charge in [-0.05, 0) is 24.2 Å². The lowest BCUT2D eigenvalue weighted by Gasteiger charge is -2.26. The fraction of sp³-hybridized carbons (Fsp3) is 0.556. The molecule has 1 aromatic rings. The number of nitrogens with one attached hydrogen (secondary N) is 1. The summed E-state index contributed by atoms with van der Waals surface area (Å²) in [5.41, 5.74) is 0.971. The highest BCUT2D eigenvalue weighted by Gasteiger charge is 2.25. The summed E-state index contributed by atoms with van der Waals surface area (Å²) in [6, 6.07) is 9.25. The average molecular weight is 334 g/mol. The van der Waals surface area contributed by atoms with Crippen LogP contribution in [0.2, 0.25) is 0 Å². The summed E-state index contributed by atoms with van der Waals surface area (Å²) in [6.45, 7) is 3.64. The van der Waals surface area contributed by atoms with E-state index in [0.717, 1.165) is 43.0 Å². The van der Waals surface area contributed by atoms with Crippen LogP contribution >= 0.6 is 11.8 Å². The van der Waals surface area contributed by atoms with Crippen molar-refractivity contribution in [2.45, 2.75) is 38.6 Å². The van der Waals surface area contributed by atoms with Crippen molar-refractivity contribution in [1.29, 1.82) is 0 Å². The first-order valence-corrected chi connectivity index (χ1v) is 9.56. The lowest BCUT2D eigenvalue weighted by molar-refractivity contribution is -0.136. The van der Waals surface area contributed by atoms with Gasteiger partial charge in [0.25, 0.3) is 0 Å². The SMILES string of the molecule is CCCC(NC(=O)Cc1ccccc1)C(=O)N1CCCSCC1. The average Bonchev–Trinajstić information content (AvgIpc) is 2.84. The molecule has 5 heteroatoms. The van der Waals surface area contributed by atoms with E-state index in [4.69, 9.17) is 0 Å². The van der Waals surface area contributed by atoms with Crippen molar-refractivity contribution >= 4 is 23.6 Å². The number of carbonyl (C=O) groups excluding carboxylic acids is 2. The zero-order valence-electron chi connectivity index (χ0n) is 13.8. The van der Waals surface area contributed by atoms with Crippen LogP contribution in [-0.4, -0.2) is 47.4 Å². The van der Waals surface area contributed by atoms with E-state index in [1.165, 1.54) is 0 Å². The molecule has 0 radical (unpaired) electrons. The van der Waals surface area contributed by atoms with E-state index in [-0.39, 0.29) is 17.9 Å². The highest BCUT2D eigenvalue weighted by molar-refractivity contribution is 7.99. The number of hydrogen-bond acceptors (Lipinski definition) is 3. The molecule has 1 aliphatic rings. The van der Waals surface area contributed by atoms with Gasteiger partial charge in [0.15, 0.2) is 0 Å². The fourth-order valence-corrected chi connectivity index (χ4v) is 3.65. The molecule has 1 heterocycles. The quantitative estimate of drug-likeness (QED) is 0.869. The molecule has 126 valence electrons. The van der Waals surface area contributed by atoms with Crippen molar-refractivity contribution in [3.8, 4) is 0 Å². The van der Waals surface area contributed by atoms with Gasteiger partial charge >= 0.3 is 0 Å². The summed E-state index contributed by atoms with van der Waals surface area (Å²) in [7, 11) is 0. The molecule has 0 saturated carbocycles. The standard InChI is InChI=1S/C18H26N2O2S/c1-2-7-16(18(22)20-10-6-12-23-13-11-20)19-17(21)14-15-8-4-3-5-9-15/h3-5,8-9,16H,2,6-7,10-14H2,1H3,(H,19,21). The maximum Gasteiger partial charge on any atom is 0.245 e. The zero-order chi connectivity index (χ0) is 16.5. The van der Waals surface area contributed by atoms with Crippen molar-refractivity contribution in [3.63, 3.8) is 0 Å². The Labute approximate surface area is 143 Å². The van der Waals surface area contributed by atoms with Crippen molar-refractivity contribution in [3.05, 3.63) is 35.9 Å². The van der Waals surface area contributed by atoms with Gasteiger partial charge in [0.05, 0.1) is 6.42 Å². The Morgan fingerprint density at radius 1 is 1.22 bits per heavy atom. The van der Waals surface area contributed by atoms with E-state index < -0.39 is 0 Å². The molecule has 4 nitrogen and oxygen atoms in total. The van der Waals surface area contributed by atoms with Gasteiger partial charge in [0.2, 0.25) is 11.8 Å². The van der Waals surface area contributed by atoms with Crippen LogP contribution in [-0.2, 0) is 16.0 Å². The van der Waals surface area contributed by atoms with Gasteiger partial charge < -0.3 is 10.2 Å². The first-order valence-electron chi connectivity index (χ1n) is 8.40. The highest BCUT2D eigenvalue weighted by atomic mass is 32.2. The summed E-state index contributed by atoms with van der Waals surface area (Å²) in [5.74, 6) is 2.11. The van der Waals surface area contributed by atoms with E-state index in [1.807, 2.05) is 53.9 Å². The molecule has 0 aliphatic carbocycles. The summed E-state index contributed by atoms with van der Waals surface area (Å²) < 4.78 is 0. The Morgan fingerprint density at radius 3 is 2.74 bits per heavy atom. The third kappa shape index (κ3) is 5.90. The molecule has 0 aromatic heterocycles. The summed E-state index contributed by atoms with van der Waals surface area (Å²) >= 11 is 1.90. The Hall–Kier alpha value is -1.49. The van der Waals surface area contributed by atoms with E-state index in [2.05, 4.69) is 5.32 Å². The van der Waals surface area contributed by atoms with Gasteiger partial charge in [0.1, 0.15) is 6.04 Å². The molecule has 1 atom stereocenters. The summed E-state index contributed by atoms with van der Waals surface area (Å²) in [6.07, 6.45) is 2.94. The number of carbonyl (C=O) groups is 2. The number of benzene rings is 1. The second-order valence-electron chi connectivity index (χ2n) is 5.86. The van der Waals surface area contributed by atoms with Gasteiger partial charge in [-0.1, -0.05) is 43.7 Å². The van der Waals surface area contributed by atoms with Crippen molar-refractivity contribution in [2.24, 2.45) is 0 Å². The largest absolute Gasteiger partial charge is 0.344 e. The van der Waals surface area contributed by atoms with E-state index >= 15 is 0 Å². The molecule has 1 fully saturated rings. The maximum absolute atomic E-state index is 12.7. The Kier molecular flexibility index (Phi) is 7.46. The lowest BCUT2D eigenvalue weighted by atomic mass is 10.1. The number of hydrogen-bond donors (Lipinski definition) is 1. The van der Waals surface area contributed by atoms with Gasteiger partial charge in [-0.25, -0.2) is 0 Å². The van der Waals surface area contributed by atoms with Crippen LogP contribution in [0, 0.1) is 0 Å². The maximum atomic E-state index is 12.7. The lowest BCUT2D eigenvalue weighted by Crippen LogP contribution is -2.49. The minimum Gasteiger partial charge on any atom is -0.344 e. The van der Waals surface area contributed by atoms with Crippen LogP contribution in [0.1, 0.15) is 31.7 Å². The zero-order valence-corrected chi connectivity index (χ0v) is 14.6. The number of thioether (sulfide) groups is 1. The molecule has 2 rings (SSSR count). The molecule has 1 unspecified atom stereocenters. The Bertz CT molecular complexity index is 499. The van der Waals surface area contributed by atoms with Crippen molar-refractivity contribution in [1.82, 2.24) is 10.2 Å². The van der Waals surface area contributed by atoms with Crippen LogP contribution < -0.4 is 5.32 Å². The predicted molar refractivity (Wildman–Crippen MR) is 95.5 cm³/mol. The Balaban J connectivity index is 1.93. The number of amides is 2. The van der Waals surface area contributed by atoms with Crippen LogP contribution in [0.25, 0.3) is 0 Å². The van der Waals surface area contributed by atoms with Crippen LogP contribution in [0.5, 0.6) is 0 Å². The summed E-state index contributed by atoms with van der Waals surface area (Å²) in [4.78, 5) is 26.9. The summed E-state index contributed by atoms with van der Waals surface area (Å²) in [5, 5.41) is 2.95. The van der Waals surface area contributed by atoms with Crippen molar-refractivity contribution < 1.29 is 9.59 Å². The molecule has 2 amide bonds. The topological polar surface area (TPSA) is 49.4 Å². The third-order valence-electron chi connectivity index (χ3n) is 3.95. The third-order valence-corrected chi connectivity index (χ3v) is 5.00. The van der Waals surface area contributed by atoms with Gasteiger partial charge in [-0.3, -0.25) is 9.59 Å². The Morgan fingerprint density at radius 2 is 2.00 bits per heavy atom. The first-order chi connectivity index (χ1) is 11.2. The second-order valence-corrected chi connectivity index (χ2v) is 7.09. The van der Waals surface area contributed by atoms with E-state index in [0.29, 0.717) is 12.8 Å². The fourth-order valence-electron chi connectivity index (χ4n) is 2.76. The smallest absolute Gasteiger partial charge is 0.245 e. The van der Waals surface area contributed by atoms with Crippen LogP contribution in [0.15, 0.2) is 30.3 Å². The first kappa shape index (κ1) is 17.9. The van der Waals surface area contributed by atoms with Gasteiger partial charge in [-0.15, -0.1) is 0 Å². The molecule has 1 aromatic carbocycles. The minimum absolute atomic E-state index is 0.0767. The molecule has 23 heavy (non-hydrogen) atoms. The predicted octanol–water partition coefficient (Wildman–Crippen LogP) is 2.48. The molecule has 1 N–H and O–H groups in total. The normalized spacial score (nSPS) is 16.5. The number of rotatable bonds is 6. The van der Waals surface area contributed by atoms with Gasteiger partial charge in [0, 0.05) is 18.8 Å². The van der Waals surface area contributed by atoms with Crippen molar-refractivity contribution in [2.75, 3.05) is 24.6 Å². The van der Waals surface area contributed by atoms with Crippen LogP contribution in [0.4, 0.5) is 0 Å². The molecule has 0 bridgehead atoms. The number of nitrogens with zero attached hydrogens (tertiary/aromatic N) is 1. The monoisotopic (exact) mass is 334 g/mol. The molecule has 0 spiro atoms. The molecular formula is C18H26N2O2S. The second kappa shape index (κ2) is 9.60. The molecular weight excluding hydrogens is 308 g/mol. The minimum atomic E-state index is -0.390. The highest BCUT2D eigenvalue weighted by Crippen LogP contribution is 2.12. The molecule has 1 saturated heterocycles.